The topological polar surface area (TPSA) is 145 Å². The summed E-state index contributed by atoms with van der Waals surface area (Å²) in [5, 5.41) is 7.59. The molecule has 0 bridgehead atoms. The molecule has 9 nitrogen and oxygen atoms in total. The van der Waals surface area contributed by atoms with E-state index in [0.29, 0.717) is 17.1 Å². The fraction of sp³-hybridized carbons (Fsp3) is 0.136. The Bertz CT molecular complexity index is 1370. The zero-order valence-electron chi connectivity index (χ0n) is 17.9. The Morgan fingerprint density at radius 3 is 2.09 bits per heavy atom. The average molecular weight is 490 g/mol. The van der Waals surface area contributed by atoms with Crippen molar-refractivity contribution in [3.63, 3.8) is 0 Å². The van der Waals surface area contributed by atoms with Gasteiger partial charge in [-0.05, 0) is 79.6 Å². The van der Waals surface area contributed by atoms with Crippen LogP contribution in [0, 0.1) is 13.8 Å². The first-order chi connectivity index (χ1) is 15.4. The number of primary sulfonamides is 1. The third-order valence-electron chi connectivity index (χ3n) is 4.61. The van der Waals surface area contributed by atoms with Gasteiger partial charge in [-0.15, -0.1) is 0 Å². The molecule has 0 saturated carbocycles. The van der Waals surface area contributed by atoms with Gasteiger partial charge in [-0.25, -0.2) is 22.0 Å². The quantitative estimate of drug-likeness (QED) is 0.444. The fourth-order valence-corrected chi connectivity index (χ4v) is 4.48. The Hall–Kier alpha value is -3.41. The number of ether oxygens (including phenoxy) is 1. The molecule has 0 heterocycles. The van der Waals surface area contributed by atoms with Gasteiger partial charge in [0.2, 0.25) is 10.0 Å². The Kier molecular flexibility index (Phi) is 7.06. The van der Waals surface area contributed by atoms with Gasteiger partial charge in [-0.3, -0.25) is 9.52 Å². The van der Waals surface area contributed by atoms with Crippen LogP contribution in [0.2, 0.25) is 0 Å². The van der Waals surface area contributed by atoms with Crippen LogP contribution < -0.4 is 19.9 Å². The minimum Gasteiger partial charge on any atom is -0.484 e. The van der Waals surface area contributed by atoms with Crippen molar-refractivity contribution in [3.05, 3.63) is 77.9 Å². The smallest absolute Gasteiger partial charge is 0.262 e. The number of nitrogens with two attached hydrogens (primary N) is 1. The normalized spacial score (nSPS) is 11.6. The molecule has 4 N–H and O–H groups in total. The van der Waals surface area contributed by atoms with Crippen molar-refractivity contribution in [3.8, 4) is 5.75 Å². The zero-order chi connectivity index (χ0) is 24.2. The summed E-state index contributed by atoms with van der Waals surface area (Å²) in [6, 6.07) is 16.5. The molecule has 0 radical (unpaired) electrons. The molecule has 0 atom stereocenters. The number of carbonyl (C=O) groups excluding carboxylic acids is 1. The zero-order valence-corrected chi connectivity index (χ0v) is 19.5. The molecule has 0 fully saturated rings. The number of sulfonamides is 2. The SMILES string of the molecule is Cc1ccc(C)c(NS(=O)(=O)c2ccc(OCC(=O)Nc3ccc(S(N)(=O)=O)cc3)cc2)c1. The van der Waals surface area contributed by atoms with Crippen molar-refractivity contribution < 1.29 is 26.4 Å². The molecule has 0 aliphatic rings. The summed E-state index contributed by atoms with van der Waals surface area (Å²) in [6.07, 6.45) is 0. The van der Waals surface area contributed by atoms with Gasteiger partial charge < -0.3 is 10.1 Å². The number of amides is 1. The van der Waals surface area contributed by atoms with Gasteiger partial charge in [-0.2, -0.15) is 0 Å². The monoisotopic (exact) mass is 489 g/mol. The van der Waals surface area contributed by atoms with Crippen molar-refractivity contribution in [2.75, 3.05) is 16.6 Å². The lowest BCUT2D eigenvalue weighted by molar-refractivity contribution is -0.118. The first kappa shape index (κ1) is 24.2. The molecule has 0 spiro atoms. The summed E-state index contributed by atoms with van der Waals surface area (Å²) >= 11 is 0. The third kappa shape index (κ3) is 6.54. The second kappa shape index (κ2) is 9.61. The van der Waals surface area contributed by atoms with Gasteiger partial charge in [0.1, 0.15) is 5.75 Å². The van der Waals surface area contributed by atoms with E-state index in [0.717, 1.165) is 11.1 Å². The van der Waals surface area contributed by atoms with E-state index in [-0.39, 0.29) is 16.4 Å². The number of hydrogen-bond acceptors (Lipinski definition) is 6. The highest BCUT2D eigenvalue weighted by Crippen LogP contribution is 2.22. The van der Waals surface area contributed by atoms with Gasteiger partial charge >= 0.3 is 0 Å². The van der Waals surface area contributed by atoms with E-state index in [1.54, 1.807) is 6.07 Å². The van der Waals surface area contributed by atoms with Crippen molar-refractivity contribution >= 4 is 37.3 Å². The van der Waals surface area contributed by atoms with Gasteiger partial charge in [0.05, 0.1) is 15.5 Å². The van der Waals surface area contributed by atoms with Crippen molar-refractivity contribution in [2.45, 2.75) is 23.6 Å². The summed E-state index contributed by atoms with van der Waals surface area (Å²) < 4.78 is 55.8. The lowest BCUT2D eigenvalue weighted by atomic mass is 10.1. The maximum atomic E-state index is 12.7. The number of carbonyl (C=O) groups is 1. The van der Waals surface area contributed by atoms with E-state index < -0.39 is 26.0 Å². The Morgan fingerprint density at radius 1 is 0.879 bits per heavy atom. The number of benzene rings is 3. The fourth-order valence-electron chi connectivity index (χ4n) is 2.84. The van der Waals surface area contributed by atoms with Crippen LogP contribution in [0.5, 0.6) is 5.75 Å². The van der Waals surface area contributed by atoms with E-state index in [2.05, 4.69) is 10.0 Å². The molecule has 11 heteroatoms. The second-order valence-corrected chi connectivity index (χ2v) is 10.5. The van der Waals surface area contributed by atoms with Crippen LogP contribution in [0.25, 0.3) is 0 Å². The number of rotatable bonds is 8. The lowest BCUT2D eigenvalue weighted by Crippen LogP contribution is -2.20. The van der Waals surface area contributed by atoms with E-state index in [1.807, 2.05) is 26.0 Å². The molecular formula is C22H23N3O6S2. The molecule has 3 aromatic rings. The van der Waals surface area contributed by atoms with Crippen LogP contribution in [-0.2, 0) is 24.8 Å². The summed E-state index contributed by atoms with van der Waals surface area (Å²) in [6.45, 7) is 3.36. The molecule has 0 aliphatic heterocycles. The van der Waals surface area contributed by atoms with Crippen LogP contribution in [-0.4, -0.2) is 29.3 Å². The molecule has 3 aromatic carbocycles. The summed E-state index contributed by atoms with van der Waals surface area (Å²) in [5.41, 5.74) is 2.61. The van der Waals surface area contributed by atoms with Crippen molar-refractivity contribution in [1.29, 1.82) is 0 Å². The van der Waals surface area contributed by atoms with E-state index in [4.69, 9.17) is 9.88 Å². The summed E-state index contributed by atoms with van der Waals surface area (Å²) in [4.78, 5) is 12.1. The predicted molar refractivity (Wildman–Crippen MR) is 125 cm³/mol. The molecule has 3 rings (SSSR count). The molecule has 0 aromatic heterocycles. The second-order valence-electron chi connectivity index (χ2n) is 7.30. The summed E-state index contributed by atoms with van der Waals surface area (Å²) in [5.74, 6) is -0.174. The van der Waals surface area contributed by atoms with Gasteiger partial charge in [0.15, 0.2) is 6.61 Å². The minimum absolute atomic E-state index is 0.0511. The molecular weight excluding hydrogens is 466 g/mol. The Labute approximate surface area is 192 Å². The van der Waals surface area contributed by atoms with Crippen molar-refractivity contribution in [2.24, 2.45) is 5.14 Å². The maximum absolute atomic E-state index is 12.7. The largest absolute Gasteiger partial charge is 0.484 e. The number of nitrogens with one attached hydrogen (secondary N) is 2. The van der Waals surface area contributed by atoms with E-state index in [1.165, 1.54) is 48.5 Å². The Balaban J connectivity index is 1.59. The average Bonchev–Trinajstić information content (AvgIpc) is 2.75. The van der Waals surface area contributed by atoms with Crippen LogP contribution in [0.1, 0.15) is 11.1 Å². The Morgan fingerprint density at radius 2 is 1.48 bits per heavy atom. The van der Waals surface area contributed by atoms with E-state index >= 15 is 0 Å². The summed E-state index contributed by atoms with van der Waals surface area (Å²) in [7, 11) is -7.61. The molecule has 174 valence electrons. The highest BCUT2D eigenvalue weighted by molar-refractivity contribution is 7.92. The number of anilines is 2. The molecule has 0 saturated heterocycles. The first-order valence-electron chi connectivity index (χ1n) is 9.70. The predicted octanol–water partition coefficient (Wildman–Crippen LogP) is 2.77. The highest BCUT2D eigenvalue weighted by Gasteiger charge is 2.16. The van der Waals surface area contributed by atoms with Crippen LogP contribution >= 0.6 is 0 Å². The lowest BCUT2D eigenvalue weighted by Gasteiger charge is -2.12. The van der Waals surface area contributed by atoms with Gasteiger partial charge in [-0.1, -0.05) is 12.1 Å². The van der Waals surface area contributed by atoms with E-state index in [9.17, 15) is 21.6 Å². The number of hydrogen-bond donors (Lipinski definition) is 3. The highest BCUT2D eigenvalue weighted by atomic mass is 32.2. The third-order valence-corrected chi connectivity index (χ3v) is 6.92. The minimum atomic E-state index is -3.82. The molecule has 1 amide bonds. The van der Waals surface area contributed by atoms with Crippen LogP contribution in [0.15, 0.2) is 76.5 Å². The number of aryl methyl sites for hydroxylation is 2. The molecule has 0 unspecified atom stereocenters. The molecule has 33 heavy (non-hydrogen) atoms. The maximum Gasteiger partial charge on any atom is 0.262 e. The van der Waals surface area contributed by atoms with Gasteiger partial charge in [0.25, 0.3) is 15.9 Å². The van der Waals surface area contributed by atoms with Crippen molar-refractivity contribution in [1.82, 2.24) is 0 Å². The van der Waals surface area contributed by atoms with Gasteiger partial charge in [0, 0.05) is 5.69 Å². The first-order valence-corrected chi connectivity index (χ1v) is 12.7. The molecule has 0 aliphatic carbocycles. The standard InChI is InChI=1S/C22H23N3O6S2/c1-15-3-4-16(2)21(13-15)25-33(29,30)20-11-7-18(8-12-20)31-14-22(26)24-17-5-9-19(10-6-17)32(23,27)28/h3-13,25H,14H2,1-2H3,(H,24,26)(H2,23,27,28). The van der Waals surface area contributed by atoms with Crippen LogP contribution in [0.4, 0.5) is 11.4 Å². The van der Waals surface area contributed by atoms with Crippen LogP contribution in [0.3, 0.4) is 0 Å².